The minimum Gasteiger partial charge on any atom is -0.352 e. The summed E-state index contributed by atoms with van der Waals surface area (Å²) < 4.78 is 13.5. The maximum absolute atomic E-state index is 13.5. The molecule has 1 aliphatic rings. The minimum atomic E-state index is -0.802. The van der Waals surface area contributed by atoms with Gasteiger partial charge in [-0.15, -0.1) is 0 Å². The van der Waals surface area contributed by atoms with Crippen molar-refractivity contribution in [1.82, 2.24) is 10.2 Å². The summed E-state index contributed by atoms with van der Waals surface area (Å²) in [4.78, 5) is 47.8. The molecular weight excluding hydrogens is 357 g/mol. The molecule has 0 radical (unpaired) electrons. The molecule has 1 heterocycles. The number of nitro groups is 1. The average Bonchev–Trinajstić information content (AvgIpc) is 2.90. The predicted molar refractivity (Wildman–Crippen MR) is 91.3 cm³/mol. The number of imide groups is 1. The van der Waals surface area contributed by atoms with Crippen LogP contribution in [0.2, 0.25) is 0 Å². The lowest BCUT2D eigenvalue weighted by Crippen LogP contribution is -2.34. The number of benzene rings is 2. The van der Waals surface area contributed by atoms with Crippen molar-refractivity contribution in [2.75, 3.05) is 6.54 Å². The van der Waals surface area contributed by atoms with Gasteiger partial charge >= 0.3 is 0 Å². The molecule has 2 aromatic carbocycles. The van der Waals surface area contributed by atoms with E-state index in [1.807, 2.05) is 0 Å². The number of fused-ring (bicyclic) bond motifs is 1. The number of nitrogens with zero attached hydrogens (tertiary/aromatic N) is 2. The first kappa shape index (κ1) is 18.2. The lowest BCUT2D eigenvalue weighted by atomic mass is 10.1. The third kappa shape index (κ3) is 3.52. The third-order valence-electron chi connectivity index (χ3n) is 4.17. The Morgan fingerprint density at radius 2 is 1.85 bits per heavy atom. The summed E-state index contributed by atoms with van der Waals surface area (Å²) in [7, 11) is 0. The van der Waals surface area contributed by atoms with E-state index in [1.165, 1.54) is 30.3 Å². The van der Waals surface area contributed by atoms with Gasteiger partial charge in [-0.2, -0.15) is 0 Å². The van der Waals surface area contributed by atoms with Crippen molar-refractivity contribution in [3.63, 3.8) is 0 Å². The van der Waals surface area contributed by atoms with Crippen LogP contribution in [0.15, 0.2) is 42.5 Å². The number of hydrogen-bond donors (Lipinski definition) is 1. The van der Waals surface area contributed by atoms with Crippen LogP contribution in [-0.2, 0) is 11.3 Å². The summed E-state index contributed by atoms with van der Waals surface area (Å²) in [5.74, 6) is -2.42. The molecule has 3 amide bonds. The number of nitrogens with one attached hydrogen (secondary N) is 1. The van der Waals surface area contributed by atoms with Crippen LogP contribution in [0.3, 0.4) is 0 Å². The molecule has 138 valence electrons. The molecule has 0 spiro atoms. The Labute approximate surface area is 152 Å². The van der Waals surface area contributed by atoms with E-state index in [2.05, 4.69) is 5.32 Å². The van der Waals surface area contributed by atoms with Crippen molar-refractivity contribution in [2.24, 2.45) is 0 Å². The number of amides is 3. The van der Waals surface area contributed by atoms with E-state index in [1.54, 1.807) is 6.07 Å². The molecule has 1 N–H and O–H groups in total. The molecule has 0 fully saturated rings. The highest BCUT2D eigenvalue weighted by Crippen LogP contribution is 2.30. The number of hydrogen-bond acceptors (Lipinski definition) is 5. The Morgan fingerprint density at radius 1 is 1.11 bits per heavy atom. The van der Waals surface area contributed by atoms with Crippen LogP contribution in [0.1, 0.15) is 32.7 Å². The van der Waals surface area contributed by atoms with Gasteiger partial charge in [0.15, 0.2) is 0 Å². The van der Waals surface area contributed by atoms with Gasteiger partial charge in [-0.05, 0) is 12.1 Å². The number of carbonyl (C=O) groups is 3. The summed E-state index contributed by atoms with van der Waals surface area (Å²) in [6.45, 7) is -0.258. The van der Waals surface area contributed by atoms with Crippen molar-refractivity contribution in [2.45, 2.75) is 13.0 Å². The molecule has 0 atom stereocenters. The van der Waals surface area contributed by atoms with E-state index in [4.69, 9.17) is 0 Å². The molecule has 0 aromatic heterocycles. The minimum absolute atomic E-state index is 0.0287. The van der Waals surface area contributed by atoms with E-state index < -0.39 is 34.1 Å². The lowest BCUT2D eigenvalue weighted by Gasteiger charge is -2.13. The molecule has 0 saturated carbocycles. The highest BCUT2D eigenvalue weighted by molar-refractivity contribution is 6.23. The molecule has 0 unspecified atom stereocenters. The Bertz CT molecular complexity index is 960. The first-order valence-corrected chi connectivity index (χ1v) is 8.04. The molecule has 8 nitrogen and oxygen atoms in total. The zero-order valence-electron chi connectivity index (χ0n) is 14.0. The van der Waals surface area contributed by atoms with Gasteiger partial charge in [-0.3, -0.25) is 29.4 Å². The van der Waals surface area contributed by atoms with Crippen LogP contribution < -0.4 is 5.32 Å². The fraction of sp³-hybridized carbons (Fsp3) is 0.167. The normalized spacial score (nSPS) is 12.9. The Balaban J connectivity index is 1.63. The maximum atomic E-state index is 13.5. The van der Waals surface area contributed by atoms with Gasteiger partial charge in [0.2, 0.25) is 5.91 Å². The van der Waals surface area contributed by atoms with Gasteiger partial charge in [0.05, 0.1) is 10.5 Å². The smallest absolute Gasteiger partial charge is 0.282 e. The summed E-state index contributed by atoms with van der Waals surface area (Å²) in [5, 5.41) is 13.6. The third-order valence-corrected chi connectivity index (χ3v) is 4.17. The Kier molecular flexibility index (Phi) is 4.93. The number of halogens is 1. The molecule has 9 heteroatoms. The van der Waals surface area contributed by atoms with Crippen LogP contribution in [0.5, 0.6) is 0 Å². The Morgan fingerprint density at radius 3 is 2.56 bits per heavy atom. The first-order valence-electron chi connectivity index (χ1n) is 8.04. The van der Waals surface area contributed by atoms with Gasteiger partial charge in [0.25, 0.3) is 17.5 Å². The second kappa shape index (κ2) is 7.32. The van der Waals surface area contributed by atoms with E-state index in [0.29, 0.717) is 5.56 Å². The monoisotopic (exact) mass is 371 g/mol. The molecule has 2 aromatic rings. The van der Waals surface area contributed by atoms with Crippen LogP contribution in [-0.4, -0.2) is 34.1 Å². The topological polar surface area (TPSA) is 110 Å². The van der Waals surface area contributed by atoms with Gasteiger partial charge in [-0.1, -0.05) is 24.3 Å². The van der Waals surface area contributed by atoms with Crippen LogP contribution >= 0.6 is 0 Å². The van der Waals surface area contributed by atoms with Gasteiger partial charge < -0.3 is 5.32 Å². The predicted octanol–water partition coefficient (Wildman–Crippen LogP) is 2.04. The maximum Gasteiger partial charge on any atom is 0.282 e. The van der Waals surface area contributed by atoms with E-state index in [-0.39, 0.29) is 30.6 Å². The summed E-state index contributed by atoms with van der Waals surface area (Å²) in [5.41, 5.74) is -0.459. The summed E-state index contributed by atoms with van der Waals surface area (Å²) >= 11 is 0. The molecule has 1 aliphatic heterocycles. The molecule has 0 aliphatic carbocycles. The van der Waals surface area contributed by atoms with Gasteiger partial charge in [-0.25, -0.2) is 4.39 Å². The van der Waals surface area contributed by atoms with Crippen molar-refractivity contribution in [3.05, 3.63) is 75.1 Å². The Hall–Kier alpha value is -3.62. The van der Waals surface area contributed by atoms with Gasteiger partial charge in [0, 0.05) is 31.1 Å². The standard InChI is InChI=1S/C18H14FN3O5/c19-13-6-2-1-4-11(13)10-20-15(23)8-9-21-17(24)12-5-3-7-14(22(26)27)16(12)18(21)25/h1-7H,8-10H2,(H,20,23). The molecule has 0 bridgehead atoms. The van der Waals surface area contributed by atoms with Crippen molar-refractivity contribution in [1.29, 1.82) is 0 Å². The molecule has 0 saturated heterocycles. The molecular formula is C18H14FN3O5. The first-order chi connectivity index (χ1) is 12.9. The number of carbonyl (C=O) groups excluding carboxylic acids is 3. The quantitative estimate of drug-likeness (QED) is 0.475. The van der Waals surface area contributed by atoms with E-state index in [9.17, 15) is 28.9 Å². The van der Waals surface area contributed by atoms with E-state index in [0.717, 1.165) is 11.0 Å². The van der Waals surface area contributed by atoms with Crippen molar-refractivity contribution >= 4 is 23.4 Å². The fourth-order valence-electron chi connectivity index (χ4n) is 2.81. The molecule has 27 heavy (non-hydrogen) atoms. The van der Waals surface area contributed by atoms with Crippen LogP contribution in [0, 0.1) is 15.9 Å². The number of nitro benzene ring substituents is 1. The van der Waals surface area contributed by atoms with Gasteiger partial charge in [0.1, 0.15) is 11.4 Å². The van der Waals surface area contributed by atoms with Crippen molar-refractivity contribution < 1.29 is 23.7 Å². The summed E-state index contributed by atoms with van der Waals surface area (Å²) in [6.07, 6.45) is -0.201. The highest BCUT2D eigenvalue weighted by Gasteiger charge is 2.40. The van der Waals surface area contributed by atoms with Crippen LogP contribution in [0.25, 0.3) is 0 Å². The molecule has 3 rings (SSSR count). The second-order valence-electron chi connectivity index (χ2n) is 5.84. The summed E-state index contributed by atoms with van der Waals surface area (Å²) in [6, 6.07) is 9.77. The largest absolute Gasteiger partial charge is 0.352 e. The van der Waals surface area contributed by atoms with E-state index >= 15 is 0 Å². The van der Waals surface area contributed by atoms with Crippen molar-refractivity contribution in [3.8, 4) is 0 Å². The average molecular weight is 371 g/mol. The lowest BCUT2D eigenvalue weighted by molar-refractivity contribution is -0.385. The fourth-order valence-corrected chi connectivity index (χ4v) is 2.81. The highest BCUT2D eigenvalue weighted by atomic mass is 19.1. The zero-order chi connectivity index (χ0) is 19.6. The SMILES string of the molecule is O=C(CCN1C(=O)c2cccc([N+](=O)[O-])c2C1=O)NCc1ccccc1F. The number of rotatable bonds is 6. The zero-order valence-corrected chi connectivity index (χ0v) is 14.0. The van der Waals surface area contributed by atoms with Crippen LogP contribution in [0.4, 0.5) is 10.1 Å². The second-order valence-corrected chi connectivity index (χ2v) is 5.84.